The average molecular weight is 452 g/mol. The van der Waals surface area contributed by atoms with Gasteiger partial charge in [0.1, 0.15) is 11.0 Å². The molecule has 0 bridgehead atoms. The van der Waals surface area contributed by atoms with Gasteiger partial charge in [-0.25, -0.2) is 4.98 Å². The van der Waals surface area contributed by atoms with Crippen LogP contribution in [0.2, 0.25) is 0 Å². The number of carbonyl (C=O) groups excluding carboxylic acids is 2. The fourth-order valence-corrected chi connectivity index (χ4v) is 4.64. The molecule has 32 heavy (non-hydrogen) atoms. The van der Waals surface area contributed by atoms with Crippen molar-refractivity contribution in [1.29, 1.82) is 0 Å². The van der Waals surface area contributed by atoms with Gasteiger partial charge < -0.3 is 19.7 Å². The van der Waals surface area contributed by atoms with E-state index in [1.54, 1.807) is 41.5 Å². The van der Waals surface area contributed by atoms with Crippen LogP contribution in [0.3, 0.4) is 0 Å². The summed E-state index contributed by atoms with van der Waals surface area (Å²) >= 11 is 1.55. The van der Waals surface area contributed by atoms with Gasteiger partial charge in [0, 0.05) is 23.1 Å². The van der Waals surface area contributed by atoms with Gasteiger partial charge in [-0.05, 0) is 31.0 Å². The zero-order valence-electron chi connectivity index (χ0n) is 18.0. The predicted molar refractivity (Wildman–Crippen MR) is 123 cm³/mol. The summed E-state index contributed by atoms with van der Waals surface area (Å²) in [6, 6.07) is 14.5. The molecule has 166 valence electrons. The van der Waals surface area contributed by atoms with E-state index in [0.717, 1.165) is 22.7 Å². The van der Waals surface area contributed by atoms with E-state index in [-0.39, 0.29) is 11.8 Å². The molecule has 1 fully saturated rings. The minimum atomic E-state index is -0.497. The number of thiazole rings is 1. The van der Waals surface area contributed by atoms with Crippen LogP contribution < -0.4 is 14.8 Å². The molecule has 4 rings (SSSR count). The van der Waals surface area contributed by atoms with Gasteiger partial charge in [-0.3, -0.25) is 9.59 Å². The Bertz CT molecular complexity index is 1100. The summed E-state index contributed by atoms with van der Waals surface area (Å²) < 4.78 is 10.5. The maximum atomic E-state index is 13.1. The Kier molecular flexibility index (Phi) is 6.70. The highest BCUT2D eigenvalue weighted by atomic mass is 32.1. The number of hydrogen-bond acceptors (Lipinski definition) is 6. The molecule has 3 aromatic rings. The Morgan fingerprint density at radius 3 is 2.66 bits per heavy atom. The van der Waals surface area contributed by atoms with Gasteiger partial charge >= 0.3 is 0 Å². The molecule has 0 spiro atoms. The molecule has 7 nitrogen and oxygen atoms in total. The fraction of sp³-hybridized carbons (Fsp3) is 0.292. The number of benzene rings is 2. The van der Waals surface area contributed by atoms with Crippen molar-refractivity contribution in [3.05, 3.63) is 65.2 Å². The van der Waals surface area contributed by atoms with E-state index in [9.17, 15) is 9.59 Å². The number of rotatable bonds is 7. The second kappa shape index (κ2) is 9.82. The topological polar surface area (TPSA) is 80.8 Å². The molecule has 8 heteroatoms. The molecule has 2 aromatic carbocycles. The summed E-state index contributed by atoms with van der Waals surface area (Å²) in [4.78, 5) is 32.2. The standard InChI is InChI=1S/C24H25N3O4S/c1-30-20-11-10-17(13-21(20)31-2)24(29)27-12-6-9-19(27)22(28)25-14-18-15-32-23(26-18)16-7-4-3-5-8-16/h3-5,7-8,10-11,13,15,19H,6,9,12,14H2,1-2H3,(H,25,28)/t19-/m1/s1. The molecule has 0 saturated carbocycles. The number of amides is 2. The highest BCUT2D eigenvalue weighted by molar-refractivity contribution is 7.13. The van der Waals surface area contributed by atoms with Crippen molar-refractivity contribution in [2.45, 2.75) is 25.4 Å². The molecule has 0 unspecified atom stereocenters. The quantitative estimate of drug-likeness (QED) is 0.592. The number of likely N-dealkylation sites (tertiary alicyclic amines) is 1. The van der Waals surface area contributed by atoms with Crippen LogP contribution in [0, 0.1) is 0 Å². The van der Waals surface area contributed by atoms with Gasteiger partial charge in [-0.2, -0.15) is 0 Å². The normalized spacial score (nSPS) is 15.4. The van der Waals surface area contributed by atoms with E-state index in [2.05, 4.69) is 10.3 Å². The molecule has 1 aliphatic heterocycles. The summed E-state index contributed by atoms with van der Waals surface area (Å²) in [5.74, 6) is 0.684. The van der Waals surface area contributed by atoms with Gasteiger partial charge in [-0.1, -0.05) is 30.3 Å². The molecule has 2 amide bonds. The van der Waals surface area contributed by atoms with Crippen molar-refractivity contribution in [2.75, 3.05) is 20.8 Å². The smallest absolute Gasteiger partial charge is 0.254 e. The summed E-state index contributed by atoms with van der Waals surface area (Å²) in [5.41, 5.74) is 2.32. The molecule has 1 aliphatic rings. The molecule has 1 atom stereocenters. The molecule has 0 radical (unpaired) electrons. The molecular weight excluding hydrogens is 426 g/mol. The van der Waals surface area contributed by atoms with E-state index in [1.165, 1.54) is 7.11 Å². The summed E-state index contributed by atoms with van der Waals surface area (Å²) in [6.45, 7) is 0.872. The lowest BCUT2D eigenvalue weighted by Crippen LogP contribution is -2.45. The van der Waals surface area contributed by atoms with Crippen molar-refractivity contribution >= 4 is 23.2 Å². The Morgan fingerprint density at radius 2 is 1.91 bits per heavy atom. The summed E-state index contributed by atoms with van der Waals surface area (Å²) in [5, 5.41) is 5.82. The van der Waals surface area contributed by atoms with Crippen LogP contribution in [0.4, 0.5) is 0 Å². The monoisotopic (exact) mass is 451 g/mol. The number of aromatic nitrogens is 1. The molecule has 1 saturated heterocycles. The van der Waals surface area contributed by atoms with Gasteiger partial charge in [0.15, 0.2) is 11.5 Å². The van der Waals surface area contributed by atoms with Crippen molar-refractivity contribution < 1.29 is 19.1 Å². The van der Waals surface area contributed by atoms with Gasteiger partial charge in [-0.15, -0.1) is 11.3 Å². The number of methoxy groups -OCH3 is 2. The molecule has 1 aromatic heterocycles. The first kappa shape index (κ1) is 21.8. The van der Waals surface area contributed by atoms with Crippen LogP contribution in [0.5, 0.6) is 11.5 Å². The highest BCUT2D eigenvalue weighted by Crippen LogP contribution is 2.29. The first-order chi connectivity index (χ1) is 15.6. The van der Waals surface area contributed by atoms with E-state index in [1.807, 2.05) is 35.7 Å². The molecule has 2 heterocycles. The van der Waals surface area contributed by atoms with Crippen molar-refractivity contribution in [3.8, 4) is 22.1 Å². The lowest BCUT2D eigenvalue weighted by Gasteiger charge is -2.24. The van der Waals surface area contributed by atoms with Crippen molar-refractivity contribution in [1.82, 2.24) is 15.2 Å². The van der Waals surface area contributed by atoms with Gasteiger partial charge in [0.25, 0.3) is 5.91 Å². The largest absolute Gasteiger partial charge is 0.493 e. The Balaban J connectivity index is 1.40. The zero-order valence-corrected chi connectivity index (χ0v) is 18.9. The number of nitrogens with zero attached hydrogens (tertiary/aromatic N) is 2. The predicted octanol–water partition coefficient (Wildman–Crippen LogP) is 3.75. The minimum Gasteiger partial charge on any atom is -0.493 e. The number of carbonyl (C=O) groups is 2. The molecular formula is C24H25N3O4S. The Labute approximate surface area is 191 Å². The summed E-state index contributed by atoms with van der Waals surface area (Å²) in [6.07, 6.45) is 1.42. The third kappa shape index (κ3) is 4.60. The van der Waals surface area contributed by atoms with Gasteiger partial charge in [0.2, 0.25) is 5.91 Å². The molecule has 0 aliphatic carbocycles. The fourth-order valence-electron chi connectivity index (χ4n) is 3.81. The SMILES string of the molecule is COc1ccc(C(=O)N2CCC[C@@H]2C(=O)NCc2csc(-c3ccccc3)n2)cc1OC. The minimum absolute atomic E-state index is 0.161. The Morgan fingerprint density at radius 1 is 1.12 bits per heavy atom. The summed E-state index contributed by atoms with van der Waals surface area (Å²) in [7, 11) is 3.07. The third-order valence-corrected chi connectivity index (χ3v) is 6.40. The first-order valence-corrected chi connectivity index (χ1v) is 11.3. The van der Waals surface area contributed by atoms with Crippen LogP contribution in [-0.2, 0) is 11.3 Å². The number of nitrogens with one attached hydrogen (secondary N) is 1. The second-order valence-corrected chi connectivity index (χ2v) is 8.31. The first-order valence-electron chi connectivity index (χ1n) is 10.4. The van der Waals surface area contributed by atoms with E-state index < -0.39 is 6.04 Å². The molecule has 1 N–H and O–H groups in total. The van der Waals surface area contributed by atoms with Crippen LogP contribution in [0.1, 0.15) is 28.9 Å². The van der Waals surface area contributed by atoms with E-state index >= 15 is 0 Å². The lowest BCUT2D eigenvalue weighted by atomic mass is 10.1. The van der Waals surface area contributed by atoms with Crippen LogP contribution in [0.25, 0.3) is 10.6 Å². The highest BCUT2D eigenvalue weighted by Gasteiger charge is 2.34. The number of hydrogen-bond donors (Lipinski definition) is 1. The van der Waals surface area contributed by atoms with E-state index in [4.69, 9.17) is 9.47 Å². The van der Waals surface area contributed by atoms with Crippen LogP contribution in [-0.4, -0.2) is 48.5 Å². The van der Waals surface area contributed by atoms with Crippen LogP contribution in [0.15, 0.2) is 53.9 Å². The van der Waals surface area contributed by atoms with E-state index in [0.29, 0.717) is 36.6 Å². The number of ether oxygens (including phenoxy) is 2. The van der Waals surface area contributed by atoms with Gasteiger partial charge in [0.05, 0.1) is 26.5 Å². The Hall–Kier alpha value is -3.39. The van der Waals surface area contributed by atoms with Crippen molar-refractivity contribution in [2.24, 2.45) is 0 Å². The zero-order chi connectivity index (χ0) is 22.5. The average Bonchev–Trinajstić information content (AvgIpc) is 3.52. The maximum Gasteiger partial charge on any atom is 0.254 e. The lowest BCUT2D eigenvalue weighted by molar-refractivity contribution is -0.125. The van der Waals surface area contributed by atoms with Crippen LogP contribution >= 0.6 is 11.3 Å². The maximum absolute atomic E-state index is 13.1. The second-order valence-electron chi connectivity index (χ2n) is 7.45. The third-order valence-electron chi connectivity index (χ3n) is 5.46. The van der Waals surface area contributed by atoms with Crippen molar-refractivity contribution in [3.63, 3.8) is 0 Å².